The van der Waals surface area contributed by atoms with Crippen molar-refractivity contribution in [1.82, 2.24) is 14.3 Å². The van der Waals surface area contributed by atoms with Crippen molar-refractivity contribution < 1.29 is 22.0 Å². The summed E-state index contributed by atoms with van der Waals surface area (Å²) in [5.74, 6) is -3.55. The van der Waals surface area contributed by atoms with Crippen LogP contribution < -0.4 is 0 Å². The van der Waals surface area contributed by atoms with Crippen LogP contribution in [0.15, 0.2) is 12.1 Å². The molecule has 0 aliphatic heterocycles. The highest BCUT2D eigenvalue weighted by atomic mass is 32.1. The van der Waals surface area contributed by atoms with Crippen LogP contribution in [0.2, 0.25) is 0 Å². The summed E-state index contributed by atoms with van der Waals surface area (Å²) in [5, 5.41) is 11.7. The molecule has 2 rings (SSSR count). The predicted octanol–water partition coefficient (Wildman–Crippen LogP) is 3.11. The average Bonchev–Trinajstić information content (AvgIpc) is 2.68. The van der Waals surface area contributed by atoms with Gasteiger partial charge in [-0.1, -0.05) is 0 Å². The number of benzene rings is 1. The molecular formula is C11H5F5N4S. The first-order valence-corrected chi connectivity index (χ1v) is 5.70. The minimum Gasteiger partial charge on any atom is -0.299 e. The van der Waals surface area contributed by atoms with Crippen molar-refractivity contribution in [2.75, 3.05) is 0 Å². The van der Waals surface area contributed by atoms with Crippen LogP contribution in [-0.4, -0.2) is 14.3 Å². The standard InChI is InChI=1S/C11H5F5N4S/c1-19-9(11(14,15)16)18-20(10(19)21)8-3-6(12)5(4-17)2-7(8)13/h2-3H,1H3. The number of alkyl halides is 3. The van der Waals surface area contributed by atoms with Crippen molar-refractivity contribution in [3.05, 3.63) is 39.9 Å². The summed E-state index contributed by atoms with van der Waals surface area (Å²) >= 11 is 4.74. The van der Waals surface area contributed by atoms with Gasteiger partial charge in [-0.25, -0.2) is 13.5 Å². The molecule has 2 aromatic rings. The van der Waals surface area contributed by atoms with Crippen molar-refractivity contribution in [2.24, 2.45) is 7.05 Å². The smallest absolute Gasteiger partial charge is 0.299 e. The second kappa shape index (κ2) is 4.92. The highest BCUT2D eigenvalue weighted by molar-refractivity contribution is 7.71. The molecule has 21 heavy (non-hydrogen) atoms. The summed E-state index contributed by atoms with van der Waals surface area (Å²) in [6.07, 6.45) is -4.80. The van der Waals surface area contributed by atoms with Crippen LogP contribution in [0.3, 0.4) is 0 Å². The van der Waals surface area contributed by atoms with Crippen LogP contribution in [-0.2, 0) is 13.2 Å². The van der Waals surface area contributed by atoms with Gasteiger partial charge >= 0.3 is 6.18 Å². The van der Waals surface area contributed by atoms with Crippen molar-refractivity contribution in [3.63, 3.8) is 0 Å². The Morgan fingerprint density at radius 2 is 1.86 bits per heavy atom. The van der Waals surface area contributed by atoms with Gasteiger partial charge in [0.2, 0.25) is 10.6 Å². The Balaban J connectivity index is 2.73. The van der Waals surface area contributed by atoms with Crippen LogP contribution in [0, 0.1) is 27.7 Å². The molecule has 0 atom stereocenters. The number of halogens is 5. The Morgan fingerprint density at radius 3 is 2.33 bits per heavy atom. The second-order valence-corrected chi connectivity index (χ2v) is 4.34. The molecule has 0 fully saturated rings. The van der Waals surface area contributed by atoms with Gasteiger partial charge < -0.3 is 0 Å². The molecule has 4 nitrogen and oxygen atoms in total. The van der Waals surface area contributed by atoms with E-state index in [0.717, 1.165) is 7.05 Å². The topological polar surface area (TPSA) is 46.5 Å². The first-order valence-electron chi connectivity index (χ1n) is 5.29. The first-order chi connectivity index (χ1) is 9.66. The lowest BCUT2D eigenvalue weighted by Gasteiger charge is -2.04. The van der Waals surface area contributed by atoms with E-state index >= 15 is 0 Å². The lowest BCUT2D eigenvalue weighted by Crippen LogP contribution is -2.12. The molecule has 0 unspecified atom stereocenters. The second-order valence-electron chi connectivity index (χ2n) is 3.97. The zero-order chi connectivity index (χ0) is 15.9. The molecule has 0 aliphatic carbocycles. The predicted molar refractivity (Wildman–Crippen MR) is 63.0 cm³/mol. The fourth-order valence-corrected chi connectivity index (χ4v) is 1.85. The van der Waals surface area contributed by atoms with E-state index in [0.29, 0.717) is 21.4 Å². The molecule has 0 aliphatic rings. The molecule has 1 aromatic heterocycles. The number of nitriles is 1. The maximum atomic E-state index is 13.8. The number of aromatic nitrogens is 3. The van der Waals surface area contributed by atoms with Crippen molar-refractivity contribution in [1.29, 1.82) is 5.26 Å². The number of hydrogen-bond donors (Lipinski definition) is 0. The van der Waals surface area contributed by atoms with E-state index in [2.05, 4.69) is 5.10 Å². The molecule has 0 saturated heterocycles. The molecular weight excluding hydrogens is 315 g/mol. The fraction of sp³-hybridized carbons (Fsp3) is 0.182. The zero-order valence-electron chi connectivity index (χ0n) is 10.2. The summed E-state index contributed by atoms with van der Waals surface area (Å²) in [6, 6.07) is 2.54. The van der Waals surface area contributed by atoms with Crippen LogP contribution >= 0.6 is 12.2 Å². The number of rotatable bonds is 1. The van der Waals surface area contributed by atoms with Gasteiger partial charge in [0.15, 0.2) is 5.82 Å². The normalized spacial score (nSPS) is 11.5. The summed E-state index contributed by atoms with van der Waals surface area (Å²) < 4.78 is 65.9. The molecule has 0 saturated carbocycles. The molecule has 1 heterocycles. The Hall–Kier alpha value is -2.28. The largest absolute Gasteiger partial charge is 0.451 e. The third-order valence-corrected chi connectivity index (χ3v) is 3.07. The molecule has 110 valence electrons. The van der Waals surface area contributed by atoms with Gasteiger partial charge in [-0.05, 0) is 18.3 Å². The summed E-state index contributed by atoms with van der Waals surface area (Å²) in [5.41, 5.74) is -1.18. The molecule has 0 spiro atoms. The molecule has 0 radical (unpaired) electrons. The molecule has 0 amide bonds. The number of nitrogens with zero attached hydrogens (tertiary/aromatic N) is 4. The maximum absolute atomic E-state index is 13.8. The van der Waals surface area contributed by atoms with Gasteiger partial charge in [-0.3, -0.25) is 4.57 Å². The summed E-state index contributed by atoms with van der Waals surface area (Å²) in [7, 11) is 1.01. The molecule has 0 N–H and O–H groups in total. The SMILES string of the molecule is Cn1c(C(F)(F)F)nn(-c2cc(F)c(C#N)cc2F)c1=S. The third kappa shape index (κ3) is 2.52. The van der Waals surface area contributed by atoms with E-state index in [4.69, 9.17) is 17.5 Å². The van der Waals surface area contributed by atoms with Gasteiger partial charge in [0.05, 0.1) is 5.56 Å². The summed E-state index contributed by atoms with van der Waals surface area (Å²) in [6.45, 7) is 0. The van der Waals surface area contributed by atoms with E-state index < -0.39 is 39.7 Å². The van der Waals surface area contributed by atoms with Gasteiger partial charge in [0, 0.05) is 13.1 Å². The van der Waals surface area contributed by atoms with Gasteiger partial charge in [0.25, 0.3) is 0 Å². The summed E-state index contributed by atoms with van der Waals surface area (Å²) in [4.78, 5) is 0. The minimum absolute atomic E-state index is 0.456. The van der Waals surface area contributed by atoms with E-state index in [1.54, 1.807) is 0 Å². The highest BCUT2D eigenvalue weighted by Gasteiger charge is 2.37. The highest BCUT2D eigenvalue weighted by Crippen LogP contribution is 2.28. The fourth-order valence-electron chi connectivity index (χ4n) is 1.63. The van der Waals surface area contributed by atoms with Crippen molar-refractivity contribution in [2.45, 2.75) is 6.18 Å². The minimum atomic E-state index is -4.80. The van der Waals surface area contributed by atoms with Gasteiger partial charge in [0.1, 0.15) is 17.6 Å². The van der Waals surface area contributed by atoms with Crippen LogP contribution in [0.4, 0.5) is 22.0 Å². The number of hydrogen-bond acceptors (Lipinski definition) is 3. The van der Waals surface area contributed by atoms with Gasteiger partial charge in [-0.2, -0.15) is 18.4 Å². The Morgan fingerprint density at radius 1 is 1.24 bits per heavy atom. The molecule has 1 aromatic carbocycles. The molecule has 0 bridgehead atoms. The Labute approximate surface area is 119 Å². The van der Waals surface area contributed by atoms with E-state index in [-0.39, 0.29) is 0 Å². The average molecular weight is 320 g/mol. The van der Waals surface area contributed by atoms with Crippen LogP contribution in [0.25, 0.3) is 5.69 Å². The Bertz CT molecular complexity index is 812. The van der Waals surface area contributed by atoms with Gasteiger partial charge in [-0.15, -0.1) is 5.10 Å². The van der Waals surface area contributed by atoms with Crippen molar-refractivity contribution >= 4 is 12.2 Å². The zero-order valence-corrected chi connectivity index (χ0v) is 11.1. The lowest BCUT2D eigenvalue weighted by atomic mass is 10.2. The van der Waals surface area contributed by atoms with E-state index in [1.165, 1.54) is 6.07 Å². The first kappa shape index (κ1) is 15.1. The van der Waals surface area contributed by atoms with Crippen molar-refractivity contribution in [3.8, 4) is 11.8 Å². The lowest BCUT2D eigenvalue weighted by molar-refractivity contribution is -0.147. The maximum Gasteiger partial charge on any atom is 0.451 e. The quantitative estimate of drug-likeness (QED) is 0.599. The Kier molecular flexibility index (Phi) is 3.54. The van der Waals surface area contributed by atoms with Crippen LogP contribution in [0.5, 0.6) is 0 Å². The monoisotopic (exact) mass is 320 g/mol. The van der Waals surface area contributed by atoms with E-state index in [9.17, 15) is 22.0 Å². The third-order valence-electron chi connectivity index (χ3n) is 2.62. The van der Waals surface area contributed by atoms with E-state index in [1.807, 2.05) is 0 Å². The van der Waals surface area contributed by atoms with Crippen LogP contribution in [0.1, 0.15) is 11.4 Å². The molecule has 10 heteroatoms.